The maximum absolute atomic E-state index is 13.3. The maximum Gasteiger partial charge on any atom is 0.223 e. The first-order valence-electron chi connectivity index (χ1n) is 13.2. The predicted molar refractivity (Wildman–Crippen MR) is 154 cm³/mol. The zero-order chi connectivity index (χ0) is 25.9. The van der Waals surface area contributed by atoms with Crippen molar-refractivity contribution in [2.75, 3.05) is 12.4 Å². The number of carbonyl (C=O) groups is 1. The van der Waals surface area contributed by atoms with Gasteiger partial charge in [0.15, 0.2) is 0 Å². The van der Waals surface area contributed by atoms with E-state index in [1.807, 2.05) is 6.07 Å². The van der Waals surface area contributed by atoms with E-state index in [0.717, 1.165) is 92.6 Å². The highest BCUT2D eigenvalue weighted by Crippen LogP contribution is 2.37. The lowest BCUT2D eigenvalue weighted by Crippen LogP contribution is -2.37. The van der Waals surface area contributed by atoms with Gasteiger partial charge in [0.2, 0.25) is 5.91 Å². The van der Waals surface area contributed by atoms with Crippen molar-refractivity contribution in [1.29, 1.82) is 0 Å². The topological polar surface area (TPSA) is 53.5 Å². The van der Waals surface area contributed by atoms with Crippen LogP contribution in [0.4, 0.5) is 0 Å². The molecule has 1 aliphatic heterocycles. The zero-order valence-electron chi connectivity index (χ0n) is 21.4. The van der Waals surface area contributed by atoms with Gasteiger partial charge in [-0.3, -0.25) is 4.79 Å². The van der Waals surface area contributed by atoms with Gasteiger partial charge in [0, 0.05) is 40.4 Å². The number of nitrogens with one attached hydrogen (secondary N) is 2. The minimum absolute atomic E-state index is 0.0139. The number of benzene rings is 2. The first-order chi connectivity index (χ1) is 17.5. The fourth-order valence-electron chi connectivity index (χ4n) is 4.77. The average molecular weight is 551 g/mol. The van der Waals surface area contributed by atoms with E-state index in [1.165, 1.54) is 5.56 Å². The summed E-state index contributed by atoms with van der Waals surface area (Å²) in [6.07, 6.45) is 8.80. The Labute approximate surface area is 231 Å². The Hall–Kier alpha value is -1.75. The van der Waals surface area contributed by atoms with Gasteiger partial charge in [0.05, 0.1) is 11.8 Å². The van der Waals surface area contributed by atoms with E-state index in [-0.39, 0.29) is 11.8 Å². The van der Waals surface area contributed by atoms with Crippen LogP contribution in [0.2, 0.25) is 10.0 Å². The van der Waals surface area contributed by atoms with Gasteiger partial charge in [0.25, 0.3) is 0 Å². The Morgan fingerprint density at radius 3 is 2.36 bits per heavy atom. The van der Waals surface area contributed by atoms with E-state index < -0.39 is 6.04 Å². The highest BCUT2D eigenvalue weighted by atomic mass is 35.5. The lowest BCUT2D eigenvalue weighted by molar-refractivity contribution is -0.125. The largest absolute Gasteiger partial charge is 0.344 e. The SMILES string of the molecule is CCCC(CCC)C(=O)NC(C1=NNCC1)c1cc(-c2ccc(CCCCCCl)cc2)c(Cl)cc1Cl. The number of halogens is 3. The van der Waals surface area contributed by atoms with Crippen LogP contribution in [0.25, 0.3) is 11.1 Å². The molecule has 0 aliphatic carbocycles. The van der Waals surface area contributed by atoms with Crippen LogP contribution in [0.3, 0.4) is 0 Å². The molecule has 0 radical (unpaired) electrons. The molecule has 0 aromatic heterocycles. The molecule has 1 unspecified atom stereocenters. The summed E-state index contributed by atoms with van der Waals surface area (Å²) < 4.78 is 0. The minimum Gasteiger partial charge on any atom is -0.344 e. The molecule has 0 saturated carbocycles. The van der Waals surface area contributed by atoms with Crippen molar-refractivity contribution < 1.29 is 4.79 Å². The van der Waals surface area contributed by atoms with Crippen molar-refractivity contribution in [3.8, 4) is 11.1 Å². The van der Waals surface area contributed by atoms with Crippen molar-refractivity contribution in [3.05, 3.63) is 57.6 Å². The molecule has 2 N–H and O–H groups in total. The van der Waals surface area contributed by atoms with Gasteiger partial charge in [0.1, 0.15) is 0 Å². The van der Waals surface area contributed by atoms with Gasteiger partial charge >= 0.3 is 0 Å². The fraction of sp³-hybridized carbons (Fsp3) is 0.517. The lowest BCUT2D eigenvalue weighted by atomic mass is 9.93. The molecular formula is C29H38Cl3N3O. The van der Waals surface area contributed by atoms with E-state index in [2.05, 4.69) is 54.0 Å². The van der Waals surface area contributed by atoms with Crippen molar-refractivity contribution in [2.24, 2.45) is 11.0 Å². The van der Waals surface area contributed by atoms with Crippen LogP contribution in [0.1, 0.15) is 82.4 Å². The fourth-order valence-corrected chi connectivity index (χ4v) is 5.56. The molecule has 4 nitrogen and oxygen atoms in total. The summed E-state index contributed by atoms with van der Waals surface area (Å²) in [5.41, 5.74) is 7.97. The second kappa shape index (κ2) is 14.9. The van der Waals surface area contributed by atoms with Crippen LogP contribution < -0.4 is 10.7 Å². The number of hydrazone groups is 1. The van der Waals surface area contributed by atoms with Crippen molar-refractivity contribution in [3.63, 3.8) is 0 Å². The van der Waals surface area contributed by atoms with Crippen molar-refractivity contribution >= 4 is 46.4 Å². The van der Waals surface area contributed by atoms with Crippen LogP contribution in [0.5, 0.6) is 0 Å². The van der Waals surface area contributed by atoms with E-state index >= 15 is 0 Å². The van der Waals surface area contributed by atoms with Crippen molar-refractivity contribution in [1.82, 2.24) is 10.7 Å². The van der Waals surface area contributed by atoms with Gasteiger partial charge in [-0.25, -0.2) is 0 Å². The molecule has 196 valence electrons. The smallest absolute Gasteiger partial charge is 0.223 e. The predicted octanol–water partition coefficient (Wildman–Crippen LogP) is 8.34. The quantitative estimate of drug-likeness (QED) is 0.183. The Balaban J connectivity index is 1.89. The van der Waals surface area contributed by atoms with Gasteiger partial charge in [-0.2, -0.15) is 5.10 Å². The molecule has 7 heteroatoms. The van der Waals surface area contributed by atoms with Gasteiger partial charge in [-0.15, -0.1) is 11.6 Å². The van der Waals surface area contributed by atoms with Crippen LogP contribution in [0, 0.1) is 5.92 Å². The number of amides is 1. The number of rotatable bonds is 14. The van der Waals surface area contributed by atoms with E-state index in [4.69, 9.17) is 34.8 Å². The van der Waals surface area contributed by atoms with Crippen LogP contribution in [0.15, 0.2) is 41.5 Å². The third-order valence-electron chi connectivity index (χ3n) is 6.74. The summed E-state index contributed by atoms with van der Waals surface area (Å²) in [5, 5.41) is 8.89. The molecule has 0 saturated heterocycles. The van der Waals surface area contributed by atoms with Gasteiger partial charge in [-0.05, 0) is 60.9 Å². The standard InChI is InChI=1S/C29H38Cl3N3O/c1-3-8-22(9-4-2)29(36)34-28(27-15-17-33-35-27)24-18-23(25(31)19-26(24)32)21-13-11-20(12-14-21)10-6-5-7-16-30/h11-14,18-19,22,28,33H,3-10,15-17H2,1-2H3,(H,34,36). The van der Waals surface area contributed by atoms with Crippen molar-refractivity contribution in [2.45, 2.75) is 77.7 Å². The number of unbranched alkanes of at least 4 members (excludes halogenated alkanes) is 2. The third-order valence-corrected chi connectivity index (χ3v) is 7.65. The second-order valence-electron chi connectivity index (χ2n) is 9.53. The Morgan fingerprint density at radius 1 is 1.03 bits per heavy atom. The second-order valence-corrected chi connectivity index (χ2v) is 10.7. The summed E-state index contributed by atoms with van der Waals surface area (Å²) in [7, 11) is 0. The van der Waals surface area contributed by atoms with Gasteiger partial charge < -0.3 is 10.7 Å². The average Bonchev–Trinajstić information content (AvgIpc) is 3.41. The summed E-state index contributed by atoms with van der Waals surface area (Å²) in [5.74, 6) is 0.766. The Kier molecular flexibility index (Phi) is 11.9. The number of aryl methyl sites for hydroxylation is 1. The van der Waals surface area contributed by atoms with Crippen LogP contribution >= 0.6 is 34.8 Å². The molecule has 0 spiro atoms. The van der Waals surface area contributed by atoms with E-state index in [0.29, 0.717) is 10.0 Å². The molecular weight excluding hydrogens is 513 g/mol. The normalized spacial score (nSPS) is 14.0. The molecule has 2 aromatic carbocycles. The first-order valence-corrected chi connectivity index (χ1v) is 14.5. The maximum atomic E-state index is 13.3. The number of nitrogens with zero attached hydrogens (tertiary/aromatic N) is 1. The summed E-state index contributed by atoms with van der Waals surface area (Å²) >= 11 is 19.2. The molecule has 0 bridgehead atoms. The Morgan fingerprint density at radius 2 is 1.75 bits per heavy atom. The number of hydrogen-bond donors (Lipinski definition) is 2. The van der Waals surface area contributed by atoms with E-state index in [9.17, 15) is 4.79 Å². The zero-order valence-corrected chi connectivity index (χ0v) is 23.7. The molecule has 0 fully saturated rings. The molecule has 1 aliphatic rings. The molecule has 1 atom stereocenters. The highest BCUT2D eigenvalue weighted by molar-refractivity contribution is 6.37. The van der Waals surface area contributed by atoms with Crippen LogP contribution in [-0.4, -0.2) is 24.0 Å². The molecule has 3 rings (SSSR count). The lowest BCUT2D eigenvalue weighted by Gasteiger charge is -2.24. The van der Waals surface area contributed by atoms with Crippen LogP contribution in [-0.2, 0) is 11.2 Å². The monoisotopic (exact) mass is 549 g/mol. The number of alkyl halides is 1. The first kappa shape index (κ1) is 28.8. The summed E-state index contributed by atoms with van der Waals surface area (Å²) in [6, 6.07) is 11.9. The Bertz CT molecular complexity index is 1020. The highest BCUT2D eigenvalue weighted by Gasteiger charge is 2.28. The molecule has 2 aromatic rings. The molecule has 1 heterocycles. The van der Waals surface area contributed by atoms with Gasteiger partial charge in [-0.1, -0.05) is 80.6 Å². The summed E-state index contributed by atoms with van der Waals surface area (Å²) in [6.45, 7) is 4.98. The number of hydrogen-bond acceptors (Lipinski definition) is 3. The van der Waals surface area contributed by atoms with E-state index in [1.54, 1.807) is 6.07 Å². The molecule has 1 amide bonds. The minimum atomic E-state index is -0.395. The number of carbonyl (C=O) groups excluding carboxylic acids is 1. The molecule has 36 heavy (non-hydrogen) atoms. The third kappa shape index (κ3) is 7.87. The summed E-state index contributed by atoms with van der Waals surface area (Å²) in [4.78, 5) is 13.3.